The van der Waals surface area contributed by atoms with E-state index in [1.165, 1.54) is 11.8 Å². The van der Waals surface area contributed by atoms with Crippen molar-refractivity contribution in [2.24, 2.45) is 0 Å². The summed E-state index contributed by atoms with van der Waals surface area (Å²) in [5.74, 6) is 0.672. The topological polar surface area (TPSA) is 29.5 Å². The zero-order valence-corrected chi connectivity index (χ0v) is 15.1. The van der Waals surface area contributed by atoms with E-state index in [0.29, 0.717) is 9.23 Å². The summed E-state index contributed by atoms with van der Waals surface area (Å²) in [5.41, 5.74) is 1.93. The molecule has 0 aromatic heterocycles. The maximum atomic E-state index is 12.8. The number of rotatable bonds is 4. The number of amides is 1. The first-order valence-corrected chi connectivity index (χ1v) is 8.79. The van der Waals surface area contributed by atoms with Crippen LogP contribution < -0.4 is 4.74 Å². The SMILES string of the molecule is COc1ccccc1/C=C1/SC(=S)N([C@@H](C)c2ccccc2)C1=O. The van der Waals surface area contributed by atoms with Crippen LogP contribution in [-0.2, 0) is 4.79 Å². The van der Waals surface area contributed by atoms with Crippen LogP contribution >= 0.6 is 24.0 Å². The fraction of sp³-hybridized carbons (Fsp3) is 0.158. The van der Waals surface area contributed by atoms with Gasteiger partial charge in [-0.2, -0.15) is 0 Å². The van der Waals surface area contributed by atoms with Crippen molar-refractivity contribution in [2.75, 3.05) is 7.11 Å². The molecule has 0 unspecified atom stereocenters. The third kappa shape index (κ3) is 3.23. The second-order valence-corrected chi connectivity index (χ2v) is 7.06. The number of para-hydroxylation sites is 1. The van der Waals surface area contributed by atoms with Crippen LogP contribution in [0.5, 0.6) is 5.75 Å². The molecule has 2 aromatic carbocycles. The second kappa shape index (κ2) is 7.20. The average molecular weight is 355 g/mol. The minimum atomic E-state index is -0.0951. The van der Waals surface area contributed by atoms with E-state index in [9.17, 15) is 4.79 Å². The van der Waals surface area contributed by atoms with Crippen molar-refractivity contribution in [3.63, 3.8) is 0 Å². The molecule has 1 amide bonds. The lowest BCUT2D eigenvalue weighted by molar-refractivity contribution is -0.123. The molecule has 0 spiro atoms. The summed E-state index contributed by atoms with van der Waals surface area (Å²) < 4.78 is 5.93. The van der Waals surface area contributed by atoms with Crippen molar-refractivity contribution in [2.45, 2.75) is 13.0 Å². The Morgan fingerprint density at radius 2 is 1.79 bits per heavy atom. The van der Waals surface area contributed by atoms with Crippen molar-refractivity contribution in [1.29, 1.82) is 0 Å². The molecule has 0 aliphatic carbocycles. The fourth-order valence-electron chi connectivity index (χ4n) is 2.62. The summed E-state index contributed by atoms with van der Waals surface area (Å²) in [6.07, 6.45) is 1.84. The standard InChI is InChI=1S/C19H17NO2S2/c1-13(14-8-4-3-5-9-14)20-18(21)17(24-19(20)23)12-15-10-6-7-11-16(15)22-2/h3-13H,1-2H3/b17-12+/t13-/m0/s1. The summed E-state index contributed by atoms with van der Waals surface area (Å²) in [7, 11) is 1.62. The quantitative estimate of drug-likeness (QED) is 0.589. The van der Waals surface area contributed by atoms with Gasteiger partial charge in [-0.15, -0.1) is 0 Å². The predicted molar refractivity (Wildman–Crippen MR) is 103 cm³/mol. The molecule has 1 aliphatic rings. The van der Waals surface area contributed by atoms with Gasteiger partial charge in [0.2, 0.25) is 0 Å². The van der Waals surface area contributed by atoms with Gasteiger partial charge in [0.05, 0.1) is 18.1 Å². The zero-order chi connectivity index (χ0) is 17.1. The van der Waals surface area contributed by atoms with E-state index in [4.69, 9.17) is 17.0 Å². The molecule has 122 valence electrons. The lowest BCUT2D eigenvalue weighted by Gasteiger charge is -2.23. The Morgan fingerprint density at radius 1 is 1.12 bits per heavy atom. The van der Waals surface area contributed by atoms with Gasteiger partial charge in [0, 0.05) is 5.56 Å². The molecule has 2 aromatic rings. The number of carbonyl (C=O) groups is 1. The number of hydrogen-bond acceptors (Lipinski definition) is 4. The van der Waals surface area contributed by atoms with Crippen LogP contribution in [0.2, 0.25) is 0 Å². The molecule has 1 aliphatic heterocycles. The lowest BCUT2D eigenvalue weighted by atomic mass is 10.1. The van der Waals surface area contributed by atoms with Crippen LogP contribution in [0.1, 0.15) is 24.1 Å². The fourth-order valence-corrected chi connectivity index (χ4v) is 4.03. The van der Waals surface area contributed by atoms with Crippen molar-refractivity contribution in [3.05, 3.63) is 70.6 Å². The number of benzene rings is 2. The smallest absolute Gasteiger partial charge is 0.266 e. The van der Waals surface area contributed by atoms with Crippen LogP contribution in [0.25, 0.3) is 6.08 Å². The van der Waals surface area contributed by atoms with Gasteiger partial charge in [-0.1, -0.05) is 72.5 Å². The minimum Gasteiger partial charge on any atom is -0.496 e. The number of hydrogen-bond donors (Lipinski definition) is 0. The number of nitrogens with zero attached hydrogens (tertiary/aromatic N) is 1. The van der Waals surface area contributed by atoms with E-state index < -0.39 is 0 Å². The van der Waals surface area contributed by atoms with Gasteiger partial charge in [-0.25, -0.2) is 0 Å². The zero-order valence-electron chi connectivity index (χ0n) is 13.4. The molecule has 3 rings (SSSR count). The van der Waals surface area contributed by atoms with Crippen LogP contribution in [0.15, 0.2) is 59.5 Å². The predicted octanol–water partition coefficient (Wildman–Crippen LogP) is 4.66. The van der Waals surface area contributed by atoms with Crippen molar-refractivity contribution >= 4 is 40.3 Å². The molecule has 0 saturated carbocycles. The Morgan fingerprint density at radius 3 is 2.50 bits per heavy atom. The molecule has 24 heavy (non-hydrogen) atoms. The molecule has 3 nitrogen and oxygen atoms in total. The Kier molecular flexibility index (Phi) is 5.02. The maximum Gasteiger partial charge on any atom is 0.266 e. The highest BCUT2D eigenvalue weighted by molar-refractivity contribution is 8.26. The normalized spacial score (nSPS) is 17.4. The van der Waals surface area contributed by atoms with Gasteiger partial charge >= 0.3 is 0 Å². The molecule has 0 radical (unpaired) electrons. The van der Waals surface area contributed by atoms with Crippen molar-refractivity contribution < 1.29 is 9.53 Å². The van der Waals surface area contributed by atoms with Crippen molar-refractivity contribution in [1.82, 2.24) is 4.90 Å². The van der Waals surface area contributed by atoms with E-state index in [-0.39, 0.29) is 11.9 Å². The largest absolute Gasteiger partial charge is 0.496 e. The monoisotopic (exact) mass is 355 g/mol. The molecule has 0 bridgehead atoms. The summed E-state index contributed by atoms with van der Waals surface area (Å²) in [5, 5.41) is 0. The molecule has 1 heterocycles. The second-order valence-electron chi connectivity index (χ2n) is 5.38. The first-order chi connectivity index (χ1) is 11.6. The van der Waals surface area contributed by atoms with E-state index >= 15 is 0 Å². The summed E-state index contributed by atoms with van der Waals surface area (Å²) >= 11 is 6.78. The molecule has 1 fully saturated rings. The number of carbonyl (C=O) groups excluding carboxylic acids is 1. The van der Waals surface area contributed by atoms with E-state index in [1.54, 1.807) is 12.0 Å². The highest BCUT2D eigenvalue weighted by Crippen LogP contribution is 2.38. The third-order valence-corrected chi connectivity index (χ3v) is 5.25. The van der Waals surface area contributed by atoms with Gasteiger partial charge in [-0.05, 0) is 24.6 Å². The van der Waals surface area contributed by atoms with Crippen LogP contribution in [0, 0.1) is 0 Å². The molecule has 5 heteroatoms. The summed E-state index contributed by atoms with van der Waals surface area (Å²) in [6, 6.07) is 17.4. The molecule has 1 saturated heterocycles. The van der Waals surface area contributed by atoms with Crippen LogP contribution in [0.3, 0.4) is 0 Å². The maximum absolute atomic E-state index is 12.8. The van der Waals surface area contributed by atoms with Gasteiger partial charge < -0.3 is 4.74 Å². The van der Waals surface area contributed by atoms with Crippen LogP contribution in [-0.4, -0.2) is 22.2 Å². The van der Waals surface area contributed by atoms with E-state index in [2.05, 4.69) is 0 Å². The number of thioether (sulfide) groups is 1. The van der Waals surface area contributed by atoms with Crippen LogP contribution in [0.4, 0.5) is 0 Å². The first kappa shape index (κ1) is 16.7. The average Bonchev–Trinajstić information content (AvgIpc) is 2.89. The van der Waals surface area contributed by atoms with Crippen molar-refractivity contribution in [3.8, 4) is 5.75 Å². The van der Waals surface area contributed by atoms with Gasteiger partial charge in [0.1, 0.15) is 10.1 Å². The summed E-state index contributed by atoms with van der Waals surface area (Å²) in [6.45, 7) is 1.99. The van der Waals surface area contributed by atoms with Gasteiger partial charge in [-0.3, -0.25) is 9.69 Å². The Hall–Kier alpha value is -2.11. The van der Waals surface area contributed by atoms with Gasteiger partial charge in [0.15, 0.2) is 0 Å². The lowest BCUT2D eigenvalue weighted by Crippen LogP contribution is -2.30. The van der Waals surface area contributed by atoms with E-state index in [0.717, 1.165) is 16.9 Å². The molecular formula is C19H17NO2S2. The molecule has 0 N–H and O–H groups in total. The Bertz CT molecular complexity index is 802. The number of thiocarbonyl (C=S) groups is 1. The third-order valence-electron chi connectivity index (χ3n) is 3.92. The number of methoxy groups -OCH3 is 1. The minimum absolute atomic E-state index is 0.0627. The van der Waals surface area contributed by atoms with E-state index in [1.807, 2.05) is 67.6 Å². The highest BCUT2D eigenvalue weighted by atomic mass is 32.2. The first-order valence-electron chi connectivity index (χ1n) is 7.57. The Balaban J connectivity index is 1.90. The highest BCUT2D eigenvalue weighted by Gasteiger charge is 2.35. The number of ether oxygens (including phenoxy) is 1. The Labute approximate surface area is 151 Å². The molecular weight excluding hydrogens is 338 g/mol. The van der Waals surface area contributed by atoms with Gasteiger partial charge in [0.25, 0.3) is 5.91 Å². The summed E-state index contributed by atoms with van der Waals surface area (Å²) in [4.78, 5) is 15.1. The molecule has 1 atom stereocenters.